The summed E-state index contributed by atoms with van der Waals surface area (Å²) in [6.07, 6.45) is 2.95. The van der Waals surface area contributed by atoms with E-state index in [2.05, 4.69) is 58.4 Å². The summed E-state index contributed by atoms with van der Waals surface area (Å²) in [6.45, 7) is 3.06. The van der Waals surface area contributed by atoms with E-state index in [1.54, 1.807) is 4.90 Å². The van der Waals surface area contributed by atoms with Crippen LogP contribution < -0.4 is 5.69 Å². The minimum absolute atomic E-state index is 0.0299. The topological polar surface area (TPSA) is 81.6 Å². The van der Waals surface area contributed by atoms with Gasteiger partial charge in [-0.25, -0.2) is 9.59 Å². The number of carbonyl (C=O) groups is 1. The third-order valence-electron chi connectivity index (χ3n) is 7.67. The maximum atomic E-state index is 12.9. The van der Waals surface area contributed by atoms with Gasteiger partial charge in [0.15, 0.2) is 0 Å². The normalized spacial score (nSPS) is 18.1. The van der Waals surface area contributed by atoms with Gasteiger partial charge in [0.2, 0.25) is 0 Å². The van der Waals surface area contributed by atoms with Gasteiger partial charge in [0.1, 0.15) is 0 Å². The molecule has 0 radical (unpaired) electrons. The molecule has 1 aliphatic rings. The third kappa shape index (κ3) is 6.17. The second kappa shape index (κ2) is 12.1. The van der Waals surface area contributed by atoms with Gasteiger partial charge in [-0.3, -0.25) is 9.47 Å². The number of aromatic nitrogens is 2. The molecule has 0 saturated carbocycles. The van der Waals surface area contributed by atoms with Gasteiger partial charge < -0.3 is 15.0 Å². The van der Waals surface area contributed by atoms with Crippen molar-refractivity contribution in [1.29, 1.82) is 0 Å². The molecule has 0 spiro atoms. The number of benzene rings is 3. The Hall–Kier alpha value is -3.84. The van der Waals surface area contributed by atoms with Crippen molar-refractivity contribution in [3.05, 3.63) is 107 Å². The zero-order valence-electron chi connectivity index (χ0n) is 21.7. The van der Waals surface area contributed by atoms with Gasteiger partial charge >= 0.3 is 11.8 Å². The first kappa shape index (κ1) is 25.8. The zero-order valence-corrected chi connectivity index (χ0v) is 21.7. The molecule has 7 heteroatoms. The largest absolute Gasteiger partial charge is 0.465 e. The van der Waals surface area contributed by atoms with Gasteiger partial charge in [-0.05, 0) is 61.9 Å². The van der Waals surface area contributed by atoms with Crippen LogP contribution in [0.15, 0.2) is 89.7 Å². The highest BCUT2D eigenvalue weighted by Gasteiger charge is 2.31. The second-order valence-corrected chi connectivity index (χ2v) is 10.3. The SMILES string of the molecule is O=C(O)N1CCCC(n2c(=O)[nH]c3ccccc32)C[C@@H]1CCCN(Cc1ccccc1)Cc1ccccc1. The number of amides is 1. The fourth-order valence-electron chi connectivity index (χ4n) is 5.88. The Balaban J connectivity index is 1.31. The van der Waals surface area contributed by atoms with Crippen molar-refractivity contribution in [1.82, 2.24) is 19.4 Å². The van der Waals surface area contributed by atoms with Crippen LogP contribution in [0.4, 0.5) is 4.79 Å². The van der Waals surface area contributed by atoms with Crippen LogP contribution in [0.25, 0.3) is 11.0 Å². The summed E-state index contributed by atoms with van der Waals surface area (Å²) >= 11 is 0. The average molecular weight is 513 g/mol. The molecule has 0 bridgehead atoms. The summed E-state index contributed by atoms with van der Waals surface area (Å²) in [5, 5.41) is 10.0. The first-order chi connectivity index (χ1) is 18.6. The smallest absolute Gasteiger partial charge is 0.407 e. The van der Waals surface area contributed by atoms with E-state index >= 15 is 0 Å². The molecule has 1 fully saturated rings. The van der Waals surface area contributed by atoms with E-state index in [0.717, 1.165) is 56.4 Å². The highest BCUT2D eigenvalue weighted by atomic mass is 16.4. The van der Waals surface area contributed by atoms with E-state index in [0.29, 0.717) is 13.0 Å². The summed E-state index contributed by atoms with van der Waals surface area (Å²) in [6, 6.07) is 28.5. The van der Waals surface area contributed by atoms with Crippen LogP contribution in [0.2, 0.25) is 0 Å². The maximum Gasteiger partial charge on any atom is 0.407 e. The van der Waals surface area contributed by atoms with Gasteiger partial charge in [0.05, 0.1) is 11.0 Å². The number of likely N-dealkylation sites (tertiary alicyclic amines) is 1. The summed E-state index contributed by atoms with van der Waals surface area (Å²) < 4.78 is 1.85. The molecule has 4 aromatic rings. The number of hydrogen-bond acceptors (Lipinski definition) is 3. The van der Waals surface area contributed by atoms with Gasteiger partial charge in [-0.2, -0.15) is 0 Å². The highest BCUT2D eigenvalue weighted by Crippen LogP contribution is 2.30. The van der Waals surface area contributed by atoms with E-state index in [9.17, 15) is 14.7 Å². The summed E-state index contributed by atoms with van der Waals surface area (Å²) in [4.78, 5) is 32.1. The molecule has 2 N–H and O–H groups in total. The van der Waals surface area contributed by atoms with Crippen LogP contribution in [0.3, 0.4) is 0 Å². The van der Waals surface area contributed by atoms with Crippen molar-refractivity contribution in [2.45, 2.75) is 57.3 Å². The minimum Gasteiger partial charge on any atom is -0.465 e. The number of nitrogens with one attached hydrogen (secondary N) is 1. The van der Waals surface area contributed by atoms with Crippen molar-refractivity contribution in [3.63, 3.8) is 0 Å². The molecule has 5 rings (SSSR count). The lowest BCUT2D eigenvalue weighted by atomic mass is 10.00. The van der Waals surface area contributed by atoms with Crippen LogP contribution in [-0.4, -0.2) is 49.7 Å². The Kier molecular flexibility index (Phi) is 8.24. The van der Waals surface area contributed by atoms with Gasteiger partial charge in [-0.1, -0.05) is 72.8 Å². The minimum atomic E-state index is -0.868. The molecule has 1 aliphatic heterocycles. The van der Waals surface area contributed by atoms with Crippen LogP contribution in [0, 0.1) is 0 Å². The fraction of sp³-hybridized carbons (Fsp3) is 0.355. The first-order valence-corrected chi connectivity index (χ1v) is 13.6. The zero-order chi connectivity index (χ0) is 26.3. The Bertz CT molecular complexity index is 1340. The number of aromatic amines is 1. The number of carboxylic acid groups (broad SMARTS) is 1. The van der Waals surface area contributed by atoms with E-state index < -0.39 is 6.09 Å². The number of para-hydroxylation sites is 2. The average Bonchev–Trinajstić information content (AvgIpc) is 3.11. The maximum absolute atomic E-state index is 12.9. The van der Waals surface area contributed by atoms with Crippen LogP contribution in [0.1, 0.15) is 49.3 Å². The van der Waals surface area contributed by atoms with E-state index in [1.807, 2.05) is 41.0 Å². The molecule has 38 heavy (non-hydrogen) atoms. The monoisotopic (exact) mass is 512 g/mol. The van der Waals surface area contributed by atoms with E-state index in [4.69, 9.17) is 0 Å². The third-order valence-corrected chi connectivity index (χ3v) is 7.67. The number of H-pyrrole nitrogens is 1. The van der Waals surface area contributed by atoms with Gasteiger partial charge in [-0.15, -0.1) is 0 Å². The van der Waals surface area contributed by atoms with E-state index in [-0.39, 0.29) is 17.8 Å². The van der Waals surface area contributed by atoms with Crippen LogP contribution in [-0.2, 0) is 13.1 Å². The number of hydrogen-bond donors (Lipinski definition) is 2. The highest BCUT2D eigenvalue weighted by molar-refractivity contribution is 5.75. The lowest BCUT2D eigenvalue weighted by Crippen LogP contribution is -2.40. The Morgan fingerprint density at radius 3 is 2.21 bits per heavy atom. The molecule has 1 saturated heterocycles. The van der Waals surface area contributed by atoms with Crippen molar-refractivity contribution < 1.29 is 9.90 Å². The molecule has 1 unspecified atom stereocenters. The standard InChI is InChI=1S/C31H36N4O3/c36-30-32-28-17-7-8-18-29(28)35(30)27-16-10-20-34(31(37)38)26(21-27)15-9-19-33(22-24-11-3-1-4-12-24)23-25-13-5-2-6-14-25/h1-8,11-14,17-18,26-27H,9-10,15-16,19-23H2,(H,32,36)(H,37,38)/t26-,27?/m0/s1. The molecule has 2 atom stereocenters. The lowest BCUT2D eigenvalue weighted by molar-refractivity contribution is 0.118. The quantitative estimate of drug-likeness (QED) is 0.293. The predicted octanol–water partition coefficient (Wildman–Crippen LogP) is 5.89. The fourth-order valence-corrected chi connectivity index (χ4v) is 5.88. The molecule has 1 aromatic heterocycles. The summed E-state index contributed by atoms with van der Waals surface area (Å²) in [5.41, 5.74) is 4.14. The molecule has 7 nitrogen and oxygen atoms in total. The van der Waals surface area contributed by atoms with Gasteiger partial charge in [0, 0.05) is 31.7 Å². The molecular formula is C31H36N4O3. The summed E-state index contributed by atoms with van der Waals surface area (Å²) in [7, 11) is 0. The molecule has 3 aromatic carbocycles. The molecular weight excluding hydrogens is 476 g/mol. The van der Waals surface area contributed by atoms with Gasteiger partial charge in [0.25, 0.3) is 0 Å². The summed E-state index contributed by atoms with van der Waals surface area (Å²) in [5.74, 6) is 0. The number of fused-ring (bicyclic) bond motifs is 1. The number of nitrogens with zero attached hydrogens (tertiary/aromatic N) is 3. The van der Waals surface area contributed by atoms with Crippen molar-refractivity contribution in [2.75, 3.05) is 13.1 Å². The number of rotatable bonds is 9. The molecule has 2 heterocycles. The predicted molar refractivity (Wildman–Crippen MR) is 150 cm³/mol. The second-order valence-electron chi connectivity index (χ2n) is 10.3. The first-order valence-electron chi connectivity index (χ1n) is 13.6. The van der Waals surface area contributed by atoms with E-state index in [1.165, 1.54) is 11.1 Å². The Labute approximate surface area is 223 Å². The molecule has 198 valence electrons. The van der Waals surface area contributed by atoms with Crippen molar-refractivity contribution in [2.24, 2.45) is 0 Å². The van der Waals surface area contributed by atoms with Crippen molar-refractivity contribution >= 4 is 17.1 Å². The Morgan fingerprint density at radius 1 is 0.921 bits per heavy atom. The number of imidazole rings is 1. The Morgan fingerprint density at radius 2 is 1.55 bits per heavy atom. The van der Waals surface area contributed by atoms with Crippen LogP contribution in [0.5, 0.6) is 0 Å². The van der Waals surface area contributed by atoms with Crippen molar-refractivity contribution in [3.8, 4) is 0 Å². The molecule has 1 amide bonds. The lowest BCUT2D eigenvalue weighted by Gasteiger charge is -2.30. The molecule has 0 aliphatic carbocycles. The van der Waals surface area contributed by atoms with Crippen LogP contribution >= 0.6 is 0 Å².